The van der Waals surface area contributed by atoms with Gasteiger partial charge in [0, 0.05) is 23.7 Å². The number of rotatable bonds is 7. The zero-order valence-corrected chi connectivity index (χ0v) is 14.4. The summed E-state index contributed by atoms with van der Waals surface area (Å²) in [6.45, 7) is 5.72. The number of ketones is 1. The van der Waals surface area contributed by atoms with Crippen LogP contribution in [0.4, 0.5) is 5.69 Å². The van der Waals surface area contributed by atoms with Gasteiger partial charge in [0.1, 0.15) is 5.75 Å². The molecule has 2 aromatic rings. The maximum absolute atomic E-state index is 12.5. The highest BCUT2D eigenvalue weighted by molar-refractivity contribution is 5.96. The van der Waals surface area contributed by atoms with Crippen molar-refractivity contribution in [3.8, 4) is 5.75 Å². The van der Waals surface area contributed by atoms with Crippen molar-refractivity contribution < 1.29 is 14.3 Å². The van der Waals surface area contributed by atoms with Gasteiger partial charge in [0.2, 0.25) is 0 Å². The van der Waals surface area contributed by atoms with Crippen LogP contribution in [-0.4, -0.2) is 24.3 Å². The summed E-state index contributed by atoms with van der Waals surface area (Å²) in [6.07, 6.45) is 0.471. The summed E-state index contributed by atoms with van der Waals surface area (Å²) in [4.78, 5) is 25.9. The highest BCUT2D eigenvalue weighted by atomic mass is 16.5. The molecule has 24 heavy (non-hydrogen) atoms. The Morgan fingerprint density at radius 2 is 1.62 bits per heavy atom. The van der Waals surface area contributed by atoms with E-state index in [0.29, 0.717) is 17.7 Å². The lowest BCUT2D eigenvalue weighted by molar-refractivity contribution is -0.120. The van der Waals surface area contributed by atoms with Crippen LogP contribution in [0.2, 0.25) is 0 Å². The summed E-state index contributed by atoms with van der Waals surface area (Å²) >= 11 is 0. The molecule has 0 heterocycles. The van der Waals surface area contributed by atoms with Gasteiger partial charge in [0.05, 0.1) is 0 Å². The highest BCUT2D eigenvalue weighted by Crippen LogP contribution is 2.18. The third kappa shape index (κ3) is 4.44. The van der Waals surface area contributed by atoms with Gasteiger partial charge in [-0.15, -0.1) is 0 Å². The van der Waals surface area contributed by atoms with E-state index in [9.17, 15) is 9.59 Å². The van der Waals surface area contributed by atoms with Crippen LogP contribution in [0.25, 0.3) is 0 Å². The molecule has 1 amide bonds. The molecule has 0 aliphatic rings. The van der Waals surface area contributed by atoms with E-state index >= 15 is 0 Å². The maximum atomic E-state index is 12.5. The van der Waals surface area contributed by atoms with Gasteiger partial charge < -0.3 is 9.64 Å². The molecule has 0 saturated carbocycles. The SMILES string of the molecule is CCC(=O)c1ccc(OCC(=O)N(c2ccccc2)C(C)C)cc1. The summed E-state index contributed by atoms with van der Waals surface area (Å²) in [5, 5.41) is 0. The van der Waals surface area contributed by atoms with Crippen LogP contribution in [0, 0.1) is 0 Å². The average molecular weight is 325 g/mol. The van der Waals surface area contributed by atoms with Gasteiger partial charge in [-0.2, -0.15) is 0 Å². The van der Waals surface area contributed by atoms with Crippen molar-refractivity contribution in [2.75, 3.05) is 11.5 Å². The maximum Gasteiger partial charge on any atom is 0.265 e. The molecule has 0 radical (unpaired) electrons. The van der Waals surface area contributed by atoms with E-state index in [0.717, 1.165) is 5.69 Å². The molecule has 0 fully saturated rings. The van der Waals surface area contributed by atoms with Crippen molar-refractivity contribution >= 4 is 17.4 Å². The number of benzene rings is 2. The molecule has 0 aliphatic heterocycles. The lowest BCUT2D eigenvalue weighted by Crippen LogP contribution is -2.40. The molecule has 0 N–H and O–H groups in total. The second-order valence-corrected chi connectivity index (χ2v) is 5.78. The molecule has 0 atom stereocenters. The minimum absolute atomic E-state index is 0.0352. The van der Waals surface area contributed by atoms with Gasteiger partial charge in [0.15, 0.2) is 12.4 Å². The Hall–Kier alpha value is -2.62. The molecule has 0 aliphatic carbocycles. The Labute approximate surface area is 143 Å². The van der Waals surface area contributed by atoms with Gasteiger partial charge in [-0.1, -0.05) is 25.1 Å². The first-order chi connectivity index (χ1) is 11.5. The number of hydrogen-bond acceptors (Lipinski definition) is 3. The Kier molecular flexibility index (Phi) is 6.13. The largest absolute Gasteiger partial charge is 0.484 e. The topological polar surface area (TPSA) is 46.6 Å². The fourth-order valence-corrected chi connectivity index (χ4v) is 2.47. The van der Waals surface area contributed by atoms with Crippen molar-refractivity contribution in [2.45, 2.75) is 33.2 Å². The second kappa shape index (κ2) is 8.29. The number of carbonyl (C=O) groups excluding carboxylic acids is 2. The smallest absolute Gasteiger partial charge is 0.265 e. The molecule has 0 aromatic heterocycles. The number of hydrogen-bond donors (Lipinski definition) is 0. The fraction of sp³-hybridized carbons (Fsp3) is 0.300. The third-order valence-corrected chi connectivity index (χ3v) is 3.68. The molecule has 0 spiro atoms. The van der Waals surface area contributed by atoms with Crippen molar-refractivity contribution in [1.82, 2.24) is 0 Å². The van der Waals surface area contributed by atoms with E-state index in [2.05, 4.69) is 0 Å². The van der Waals surface area contributed by atoms with E-state index in [1.54, 1.807) is 29.2 Å². The predicted octanol–water partition coefficient (Wildman–Crippen LogP) is 4.10. The number of Topliss-reactive ketones (excluding diaryl/α,β-unsaturated/α-hetero) is 1. The Bertz CT molecular complexity index is 678. The van der Waals surface area contributed by atoms with Crippen LogP contribution in [0.1, 0.15) is 37.6 Å². The lowest BCUT2D eigenvalue weighted by atomic mass is 10.1. The fourth-order valence-electron chi connectivity index (χ4n) is 2.47. The Morgan fingerprint density at radius 3 is 2.17 bits per heavy atom. The second-order valence-electron chi connectivity index (χ2n) is 5.78. The van der Waals surface area contributed by atoms with Crippen molar-refractivity contribution in [3.05, 3.63) is 60.2 Å². The number of amides is 1. The van der Waals surface area contributed by atoms with Crippen LogP contribution in [0.5, 0.6) is 5.75 Å². The summed E-state index contributed by atoms with van der Waals surface area (Å²) in [5.41, 5.74) is 1.51. The van der Waals surface area contributed by atoms with Gasteiger partial charge in [0.25, 0.3) is 5.91 Å². The van der Waals surface area contributed by atoms with Crippen molar-refractivity contribution in [2.24, 2.45) is 0 Å². The summed E-state index contributed by atoms with van der Waals surface area (Å²) in [7, 11) is 0. The number of para-hydroxylation sites is 1. The van der Waals surface area contributed by atoms with E-state index in [1.165, 1.54) is 0 Å². The molecular formula is C20H23NO3. The summed E-state index contributed by atoms with van der Waals surface area (Å²) in [6, 6.07) is 16.5. The molecule has 2 aromatic carbocycles. The molecule has 0 saturated heterocycles. The van der Waals surface area contributed by atoms with Gasteiger partial charge >= 0.3 is 0 Å². The first kappa shape index (κ1) is 17.7. The predicted molar refractivity (Wildman–Crippen MR) is 95.6 cm³/mol. The summed E-state index contributed by atoms with van der Waals surface area (Å²) < 4.78 is 5.59. The Balaban J connectivity index is 2.02. The van der Waals surface area contributed by atoms with Gasteiger partial charge in [-0.3, -0.25) is 9.59 Å². The molecule has 0 bridgehead atoms. The molecule has 2 rings (SSSR count). The number of ether oxygens (including phenoxy) is 1. The van der Waals surface area contributed by atoms with Gasteiger partial charge in [-0.25, -0.2) is 0 Å². The standard InChI is InChI=1S/C20H23NO3/c1-4-19(22)16-10-12-18(13-11-16)24-14-20(23)21(15(2)3)17-8-6-5-7-9-17/h5-13,15H,4,14H2,1-3H3. The van der Waals surface area contributed by atoms with Crippen LogP contribution in [0.3, 0.4) is 0 Å². The average Bonchev–Trinajstić information content (AvgIpc) is 2.60. The minimum atomic E-state index is -0.107. The number of nitrogens with zero attached hydrogens (tertiary/aromatic N) is 1. The molecule has 126 valence electrons. The van der Waals surface area contributed by atoms with Gasteiger partial charge in [-0.05, 0) is 50.2 Å². The molecule has 0 unspecified atom stereocenters. The number of carbonyl (C=O) groups is 2. The first-order valence-corrected chi connectivity index (χ1v) is 8.16. The minimum Gasteiger partial charge on any atom is -0.484 e. The monoisotopic (exact) mass is 325 g/mol. The van der Waals surface area contributed by atoms with Crippen LogP contribution in [-0.2, 0) is 4.79 Å². The Morgan fingerprint density at radius 1 is 1.00 bits per heavy atom. The van der Waals surface area contributed by atoms with E-state index < -0.39 is 0 Å². The highest BCUT2D eigenvalue weighted by Gasteiger charge is 2.19. The van der Waals surface area contributed by atoms with E-state index in [4.69, 9.17) is 4.74 Å². The first-order valence-electron chi connectivity index (χ1n) is 8.16. The quantitative estimate of drug-likeness (QED) is 0.720. The van der Waals surface area contributed by atoms with Crippen LogP contribution >= 0.6 is 0 Å². The zero-order chi connectivity index (χ0) is 17.5. The van der Waals surface area contributed by atoms with E-state index in [1.807, 2.05) is 51.1 Å². The molecular weight excluding hydrogens is 302 g/mol. The zero-order valence-electron chi connectivity index (χ0n) is 14.4. The van der Waals surface area contributed by atoms with Crippen molar-refractivity contribution in [1.29, 1.82) is 0 Å². The number of anilines is 1. The third-order valence-electron chi connectivity index (χ3n) is 3.68. The van der Waals surface area contributed by atoms with E-state index in [-0.39, 0.29) is 24.3 Å². The normalized spacial score (nSPS) is 10.5. The van der Waals surface area contributed by atoms with Crippen molar-refractivity contribution in [3.63, 3.8) is 0 Å². The van der Waals surface area contributed by atoms with Crippen LogP contribution in [0.15, 0.2) is 54.6 Å². The van der Waals surface area contributed by atoms with Crippen LogP contribution < -0.4 is 9.64 Å². The summed E-state index contributed by atoms with van der Waals surface area (Å²) in [5.74, 6) is 0.561. The lowest BCUT2D eigenvalue weighted by Gasteiger charge is -2.26. The molecule has 4 nitrogen and oxygen atoms in total. The molecule has 4 heteroatoms.